The Labute approximate surface area is 307 Å². The molecule has 3 N–H and O–H groups in total. The number of rotatable bonds is 4. The molecule has 12 nitrogen and oxygen atoms in total. The van der Waals surface area contributed by atoms with Gasteiger partial charge in [-0.05, 0) is 68.4 Å². The van der Waals surface area contributed by atoms with Crippen LogP contribution in [0.2, 0.25) is 0 Å². The Morgan fingerprint density at radius 3 is 2.38 bits per heavy atom. The Morgan fingerprint density at radius 1 is 0.808 bits per heavy atom. The van der Waals surface area contributed by atoms with E-state index >= 15 is 0 Å². The molecule has 8 rings (SSSR count). The second-order valence-electron chi connectivity index (χ2n) is 17.1. The number of ether oxygens (including phenoxy) is 8. The molecule has 12 heteroatoms. The SMILES string of the molecule is C=C1C[C@@H]2CC[C@]34CC[C@H](O3)C3O[C@H]5CC[C@H](CC(=O)C[C@@H]6[C@@H](OC)[C@@H](C[C@H](O)CO)O[C@H]6C[C@H]6O[C@@H](CC[C@@H]1O2)C[C@@H](C)C6=C)O[C@@H]5[C@H](O4)[C@@H]3O. The Balaban J connectivity index is 1.07. The molecule has 1 spiro atoms. The summed E-state index contributed by atoms with van der Waals surface area (Å²) >= 11 is 0. The van der Waals surface area contributed by atoms with Crippen LogP contribution in [0.4, 0.5) is 0 Å². The zero-order chi connectivity index (χ0) is 36.3. The van der Waals surface area contributed by atoms with Gasteiger partial charge in [0.25, 0.3) is 0 Å². The fourth-order valence-electron chi connectivity index (χ4n) is 10.8. The largest absolute Gasteiger partial charge is 0.394 e. The maximum atomic E-state index is 14.0. The van der Waals surface area contributed by atoms with E-state index in [1.165, 1.54) is 0 Å². The maximum Gasteiger partial charge on any atom is 0.169 e. The van der Waals surface area contributed by atoms with Crippen molar-refractivity contribution in [1.82, 2.24) is 0 Å². The molecule has 8 heterocycles. The summed E-state index contributed by atoms with van der Waals surface area (Å²) in [6.07, 6.45) is 2.67. The highest BCUT2D eigenvalue weighted by atomic mass is 16.7. The van der Waals surface area contributed by atoms with Crippen LogP contribution < -0.4 is 0 Å². The van der Waals surface area contributed by atoms with Gasteiger partial charge in [-0.3, -0.25) is 4.79 Å². The van der Waals surface area contributed by atoms with E-state index in [1.54, 1.807) is 7.11 Å². The zero-order valence-electron chi connectivity index (χ0n) is 30.9. The summed E-state index contributed by atoms with van der Waals surface area (Å²) in [5.74, 6) is -0.855. The monoisotopic (exact) mass is 732 g/mol. The molecule has 0 aliphatic carbocycles. The summed E-state index contributed by atoms with van der Waals surface area (Å²) in [6, 6.07) is 0. The third-order valence-corrected chi connectivity index (χ3v) is 13.6. The van der Waals surface area contributed by atoms with Crippen LogP contribution in [-0.4, -0.2) is 132 Å². The van der Waals surface area contributed by atoms with E-state index in [0.29, 0.717) is 32.1 Å². The van der Waals surface area contributed by atoms with Crippen LogP contribution in [0.25, 0.3) is 0 Å². The molecular weight excluding hydrogens is 672 g/mol. The molecule has 8 aliphatic rings. The van der Waals surface area contributed by atoms with E-state index in [-0.39, 0.29) is 92.3 Å². The van der Waals surface area contributed by atoms with Gasteiger partial charge < -0.3 is 53.2 Å². The molecule has 8 saturated heterocycles. The lowest BCUT2D eigenvalue weighted by Gasteiger charge is -2.49. The molecule has 0 saturated carbocycles. The minimum absolute atomic E-state index is 0.00931. The van der Waals surface area contributed by atoms with Crippen molar-refractivity contribution in [3.63, 3.8) is 0 Å². The minimum atomic E-state index is -0.964. The van der Waals surface area contributed by atoms with Crippen molar-refractivity contribution in [2.24, 2.45) is 11.8 Å². The van der Waals surface area contributed by atoms with Crippen molar-refractivity contribution in [1.29, 1.82) is 0 Å². The van der Waals surface area contributed by atoms with Crippen molar-refractivity contribution in [3.05, 3.63) is 24.3 Å². The van der Waals surface area contributed by atoms with Gasteiger partial charge in [-0.25, -0.2) is 0 Å². The molecule has 8 fully saturated rings. The van der Waals surface area contributed by atoms with Gasteiger partial charge in [-0.15, -0.1) is 0 Å². The van der Waals surface area contributed by atoms with Gasteiger partial charge in [0.2, 0.25) is 0 Å². The lowest BCUT2D eigenvalue weighted by Crippen LogP contribution is -2.63. The van der Waals surface area contributed by atoms with E-state index < -0.39 is 48.5 Å². The van der Waals surface area contributed by atoms with E-state index in [2.05, 4.69) is 20.1 Å². The highest BCUT2D eigenvalue weighted by Gasteiger charge is 2.60. The zero-order valence-corrected chi connectivity index (χ0v) is 30.9. The molecule has 0 amide bonds. The van der Waals surface area contributed by atoms with Crippen LogP contribution in [0.1, 0.15) is 96.8 Å². The van der Waals surface area contributed by atoms with Crippen LogP contribution in [0.15, 0.2) is 24.3 Å². The molecule has 52 heavy (non-hydrogen) atoms. The first-order valence-corrected chi connectivity index (χ1v) is 20.0. The average Bonchev–Trinajstić information content (AvgIpc) is 3.79. The van der Waals surface area contributed by atoms with Crippen molar-refractivity contribution in [2.45, 2.75) is 194 Å². The third kappa shape index (κ3) is 7.36. The summed E-state index contributed by atoms with van der Waals surface area (Å²) in [5.41, 5.74) is 2.13. The molecule has 10 bridgehead atoms. The molecule has 8 aliphatic heterocycles. The van der Waals surface area contributed by atoms with Crippen molar-refractivity contribution in [3.8, 4) is 0 Å². The van der Waals surface area contributed by atoms with E-state index in [1.807, 2.05) is 0 Å². The molecular formula is C40H60O12. The first-order chi connectivity index (χ1) is 25.0. The fraction of sp³-hybridized carbons (Fsp3) is 0.875. The topological polar surface area (TPSA) is 152 Å². The fourth-order valence-corrected chi connectivity index (χ4v) is 10.8. The average molecular weight is 733 g/mol. The Hall–Kier alpha value is -1.29. The van der Waals surface area contributed by atoms with Gasteiger partial charge in [0.15, 0.2) is 5.79 Å². The predicted octanol–water partition coefficient (Wildman–Crippen LogP) is 3.46. The van der Waals surface area contributed by atoms with E-state index in [0.717, 1.165) is 49.7 Å². The molecule has 0 aromatic heterocycles. The summed E-state index contributed by atoms with van der Waals surface area (Å²) in [6.45, 7) is 10.7. The number of Topliss-reactive ketones (excluding diaryl/α,β-unsaturated/α-hetero) is 1. The summed E-state index contributed by atoms with van der Waals surface area (Å²) < 4.78 is 52.6. The van der Waals surface area contributed by atoms with E-state index in [9.17, 15) is 20.1 Å². The van der Waals surface area contributed by atoms with Gasteiger partial charge in [0, 0.05) is 51.6 Å². The van der Waals surface area contributed by atoms with Crippen molar-refractivity contribution < 1.29 is 58.0 Å². The number of carbonyl (C=O) groups excluding carboxylic acids is 1. The number of hydrogen-bond acceptors (Lipinski definition) is 12. The first-order valence-electron chi connectivity index (χ1n) is 20.0. The second-order valence-corrected chi connectivity index (χ2v) is 17.1. The molecule has 292 valence electrons. The quantitative estimate of drug-likeness (QED) is 0.363. The lowest BCUT2D eigenvalue weighted by atomic mass is 9.81. The minimum Gasteiger partial charge on any atom is -0.394 e. The first kappa shape index (κ1) is 37.6. The van der Waals surface area contributed by atoms with Crippen LogP contribution in [0, 0.1) is 11.8 Å². The summed E-state index contributed by atoms with van der Waals surface area (Å²) in [7, 11) is 1.61. The lowest BCUT2D eigenvalue weighted by molar-refractivity contribution is -0.299. The normalized spacial score (nSPS) is 50.4. The Morgan fingerprint density at radius 2 is 1.58 bits per heavy atom. The number of ketones is 1. The number of carbonyl (C=O) groups is 1. The second kappa shape index (κ2) is 15.3. The number of aliphatic hydroxyl groups is 3. The summed E-state index contributed by atoms with van der Waals surface area (Å²) in [4.78, 5) is 14.0. The van der Waals surface area contributed by atoms with Gasteiger partial charge in [-0.1, -0.05) is 20.1 Å². The highest BCUT2D eigenvalue weighted by Crippen LogP contribution is 2.49. The van der Waals surface area contributed by atoms with Crippen LogP contribution >= 0.6 is 0 Å². The molecule has 0 aromatic carbocycles. The molecule has 18 atom stereocenters. The standard InChI is InChI=1S/C40H60O12/c1-20-13-25-5-7-29-21(2)14-27(46-29)9-11-40-12-10-31(51-40)37-35(44)39(52-40)38-30(50-37)8-6-26(48-38)15-23(42)16-28-33(18-32(47-25)22(20)3)49-34(36(28)45-4)17-24(43)19-41/h20,24-39,41,43-44H,2-3,5-19H2,1,4H3/t20-,24+,25+,26-,27+,28+,29+,30+,31+,32-,33+,34-,35-,36-,37?,38+,39-,40+/m1/s1. The predicted molar refractivity (Wildman–Crippen MR) is 186 cm³/mol. The van der Waals surface area contributed by atoms with Crippen molar-refractivity contribution in [2.75, 3.05) is 13.7 Å². The summed E-state index contributed by atoms with van der Waals surface area (Å²) in [5, 5.41) is 31.6. The maximum absolute atomic E-state index is 14.0. The number of methoxy groups -OCH3 is 1. The van der Waals surface area contributed by atoms with Crippen LogP contribution in [0.5, 0.6) is 0 Å². The Bertz CT molecular complexity index is 1330. The third-order valence-electron chi connectivity index (χ3n) is 13.6. The molecule has 1 unspecified atom stereocenters. The van der Waals surface area contributed by atoms with Gasteiger partial charge in [-0.2, -0.15) is 0 Å². The Kier molecular flexibility index (Phi) is 11.1. The van der Waals surface area contributed by atoms with Crippen molar-refractivity contribution >= 4 is 5.78 Å². The van der Waals surface area contributed by atoms with Crippen LogP contribution in [-0.2, 0) is 42.7 Å². The molecule has 0 aromatic rings. The molecule has 0 radical (unpaired) electrons. The smallest absolute Gasteiger partial charge is 0.169 e. The van der Waals surface area contributed by atoms with E-state index in [4.69, 9.17) is 37.9 Å². The number of fused-ring (bicyclic) bond motifs is 9. The van der Waals surface area contributed by atoms with Gasteiger partial charge >= 0.3 is 0 Å². The van der Waals surface area contributed by atoms with Gasteiger partial charge in [0.05, 0.1) is 73.8 Å². The number of hydrogen-bond donors (Lipinski definition) is 3. The number of aliphatic hydroxyl groups excluding tert-OH is 3. The highest BCUT2D eigenvalue weighted by molar-refractivity contribution is 5.79. The van der Waals surface area contributed by atoms with Crippen LogP contribution in [0.3, 0.4) is 0 Å². The van der Waals surface area contributed by atoms with Gasteiger partial charge in [0.1, 0.15) is 30.2 Å².